The van der Waals surface area contributed by atoms with E-state index in [0.717, 1.165) is 25.7 Å². The van der Waals surface area contributed by atoms with Gasteiger partial charge in [-0.05, 0) is 25.7 Å². The molecule has 13 nitrogen and oxygen atoms in total. The van der Waals surface area contributed by atoms with Crippen LogP contribution < -0.4 is 10.6 Å². The molecule has 5 rings (SSSR count). The number of aliphatic hydroxyl groups is 1. The van der Waals surface area contributed by atoms with E-state index in [-0.39, 0.29) is 18.4 Å². The lowest BCUT2D eigenvalue weighted by molar-refractivity contribution is -0.140. The minimum Gasteiger partial charge on any atom is -0.458 e. The molecule has 0 spiro atoms. The number of rotatable bonds is 11. The smallest absolute Gasteiger partial charge is 0.293 e. The number of carbonyl (C=O) groups is 1. The molecule has 200 valence electrons. The van der Waals surface area contributed by atoms with Crippen LogP contribution >= 0.6 is 0 Å². The van der Waals surface area contributed by atoms with Crippen LogP contribution in [-0.4, -0.2) is 65.5 Å². The molecule has 3 aromatic rings. The summed E-state index contributed by atoms with van der Waals surface area (Å²) in [6.45, 7) is 6.41. The molecule has 2 fully saturated rings. The highest BCUT2D eigenvalue weighted by Crippen LogP contribution is 2.41. The van der Waals surface area contributed by atoms with Gasteiger partial charge in [0, 0.05) is 18.5 Å². The number of ether oxygens (including phenoxy) is 2. The van der Waals surface area contributed by atoms with Gasteiger partial charge in [0.05, 0.1) is 6.33 Å². The standard InChI is InChI=1S/C24H34N8O5/c1-4-13(5-2)26-20-16-21(30-24(29-20)27-14-9-7-8-10-14)32(11-25-16)23-17(34)18(35-12-33)19(36-23)22-28-15(6-3)31-37-22/h11-14,17-19,23,34H,4-10H2,1-3H3,(H2,26,27,29,30)/t17-,18+,19+,23-/m1/s1. The average molecular weight is 515 g/mol. The van der Waals surface area contributed by atoms with Gasteiger partial charge in [-0.3, -0.25) is 9.36 Å². The molecule has 1 saturated heterocycles. The highest BCUT2D eigenvalue weighted by atomic mass is 16.6. The summed E-state index contributed by atoms with van der Waals surface area (Å²) >= 11 is 0. The summed E-state index contributed by atoms with van der Waals surface area (Å²) in [5.41, 5.74) is 1.04. The van der Waals surface area contributed by atoms with Crippen LogP contribution in [0.3, 0.4) is 0 Å². The van der Waals surface area contributed by atoms with Crippen LogP contribution in [0.2, 0.25) is 0 Å². The lowest BCUT2D eigenvalue weighted by atomic mass is 10.1. The molecular weight excluding hydrogens is 480 g/mol. The predicted octanol–water partition coefficient (Wildman–Crippen LogP) is 2.90. The normalized spacial score (nSPS) is 24.2. The van der Waals surface area contributed by atoms with Gasteiger partial charge in [-0.15, -0.1) is 0 Å². The van der Waals surface area contributed by atoms with E-state index >= 15 is 0 Å². The average Bonchev–Trinajstić information content (AvgIpc) is 3.71. The number of hydrogen-bond acceptors (Lipinski definition) is 12. The minimum atomic E-state index is -1.23. The molecule has 2 aliphatic rings. The van der Waals surface area contributed by atoms with Crippen molar-refractivity contribution in [2.75, 3.05) is 10.6 Å². The third-order valence-corrected chi connectivity index (χ3v) is 7.18. The molecule has 0 radical (unpaired) electrons. The second kappa shape index (κ2) is 11.0. The van der Waals surface area contributed by atoms with Crippen LogP contribution in [0.5, 0.6) is 0 Å². The van der Waals surface area contributed by atoms with Gasteiger partial charge >= 0.3 is 0 Å². The quantitative estimate of drug-likeness (QED) is 0.321. The number of aliphatic hydroxyl groups excluding tert-OH is 1. The summed E-state index contributed by atoms with van der Waals surface area (Å²) in [7, 11) is 0. The third kappa shape index (κ3) is 4.97. The number of imidazole rings is 1. The molecule has 1 saturated carbocycles. The van der Waals surface area contributed by atoms with Crippen molar-refractivity contribution in [2.24, 2.45) is 0 Å². The Kier molecular flexibility index (Phi) is 7.51. The van der Waals surface area contributed by atoms with Gasteiger partial charge < -0.3 is 29.7 Å². The Bertz CT molecular complexity index is 1210. The Labute approximate surface area is 214 Å². The van der Waals surface area contributed by atoms with Crippen molar-refractivity contribution in [1.29, 1.82) is 0 Å². The van der Waals surface area contributed by atoms with E-state index in [4.69, 9.17) is 24.0 Å². The van der Waals surface area contributed by atoms with Crippen molar-refractivity contribution in [2.45, 2.75) is 102 Å². The first kappa shape index (κ1) is 25.3. The van der Waals surface area contributed by atoms with Crippen molar-refractivity contribution in [3.05, 3.63) is 18.0 Å². The first-order valence-corrected chi connectivity index (χ1v) is 13.1. The molecule has 3 aromatic heterocycles. The molecular formula is C24H34N8O5. The number of nitrogens with zero attached hydrogens (tertiary/aromatic N) is 6. The Morgan fingerprint density at radius 3 is 2.68 bits per heavy atom. The van der Waals surface area contributed by atoms with Crippen molar-refractivity contribution in [1.82, 2.24) is 29.7 Å². The summed E-state index contributed by atoms with van der Waals surface area (Å²) in [4.78, 5) is 29.7. The zero-order chi connectivity index (χ0) is 25.9. The molecule has 1 aliphatic heterocycles. The van der Waals surface area contributed by atoms with Gasteiger partial charge in [0.15, 0.2) is 41.2 Å². The molecule has 4 atom stereocenters. The summed E-state index contributed by atoms with van der Waals surface area (Å²) in [6.07, 6.45) is 4.25. The summed E-state index contributed by atoms with van der Waals surface area (Å²) < 4.78 is 18.3. The lowest BCUT2D eigenvalue weighted by Crippen LogP contribution is -2.31. The Morgan fingerprint density at radius 2 is 2.00 bits per heavy atom. The lowest BCUT2D eigenvalue weighted by Gasteiger charge is -2.20. The summed E-state index contributed by atoms with van der Waals surface area (Å²) in [5.74, 6) is 1.72. The van der Waals surface area contributed by atoms with Crippen LogP contribution in [0, 0.1) is 0 Å². The molecule has 0 bridgehead atoms. The van der Waals surface area contributed by atoms with E-state index in [0.29, 0.717) is 41.2 Å². The maximum Gasteiger partial charge on any atom is 0.293 e. The third-order valence-electron chi connectivity index (χ3n) is 7.18. The summed E-state index contributed by atoms with van der Waals surface area (Å²) in [5, 5.41) is 22.0. The number of anilines is 2. The van der Waals surface area contributed by atoms with E-state index < -0.39 is 24.5 Å². The zero-order valence-corrected chi connectivity index (χ0v) is 21.3. The maximum atomic E-state index is 11.3. The highest BCUT2D eigenvalue weighted by molar-refractivity contribution is 5.84. The topological polar surface area (TPSA) is 162 Å². The largest absolute Gasteiger partial charge is 0.458 e. The van der Waals surface area contributed by atoms with E-state index in [1.165, 1.54) is 12.8 Å². The molecule has 3 N–H and O–H groups in total. The fourth-order valence-corrected chi connectivity index (χ4v) is 5.03. The van der Waals surface area contributed by atoms with Gasteiger partial charge in [0.25, 0.3) is 12.4 Å². The predicted molar refractivity (Wildman–Crippen MR) is 133 cm³/mol. The van der Waals surface area contributed by atoms with Crippen molar-refractivity contribution in [3.63, 3.8) is 0 Å². The molecule has 1 aliphatic carbocycles. The van der Waals surface area contributed by atoms with Gasteiger partial charge in [-0.25, -0.2) is 4.98 Å². The first-order valence-electron chi connectivity index (χ1n) is 13.1. The van der Waals surface area contributed by atoms with Crippen LogP contribution in [0.1, 0.15) is 83.3 Å². The highest BCUT2D eigenvalue weighted by Gasteiger charge is 2.50. The fraction of sp³-hybridized carbons (Fsp3) is 0.667. The van der Waals surface area contributed by atoms with Gasteiger partial charge in [-0.2, -0.15) is 15.0 Å². The Balaban J connectivity index is 1.53. The minimum absolute atomic E-state index is 0.129. The number of fused-ring (bicyclic) bond motifs is 1. The van der Waals surface area contributed by atoms with Crippen LogP contribution in [0.4, 0.5) is 11.8 Å². The second-order valence-corrected chi connectivity index (χ2v) is 9.54. The second-order valence-electron chi connectivity index (χ2n) is 9.54. The van der Waals surface area contributed by atoms with E-state index in [2.05, 4.69) is 39.6 Å². The molecule has 37 heavy (non-hydrogen) atoms. The molecule has 0 unspecified atom stereocenters. The van der Waals surface area contributed by atoms with Crippen LogP contribution in [-0.2, 0) is 20.7 Å². The molecule has 13 heteroatoms. The van der Waals surface area contributed by atoms with Crippen LogP contribution in [0.25, 0.3) is 11.2 Å². The maximum absolute atomic E-state index is 11.3. The fourth-order valence-electron chi connectivity index (χ4n) is 5.03. The molecule has 4 heterocycles. The van der Waals surface area contributed by atoms with E-state index in [9.17, 15) is 9.90 Å². The zero-order valence-electron chi connectivity index (χ0n) is 21.3. The van der Waals surface area contributed by atoms with Crippen molar-refractivity contribution >= 4 is 29.4 Å². The summed E-state index contributed by atoms with van der Waals surface area (Å²) in [6, 6.07) is 0.527. The van der Waals surface area contributed by atoms with E-state index in [1.807, 2.05) is 6.92 Å². The van der Waals surface area contributed by atoms with Crippen LogP contribution in [0.15, 0.2) is 10.9 Å². The number of aromatic nitrogens is 6. The Hall–Kier alpha value is -3.32. The monoisotopic (exact) mass is 514 g/mol. The number of hydrogen-bond donors (Lipinski definition) is 3. The van der Waals surface area contributed by atoms with Crippen molar-refractivity contribution < 1.29 is 23.9 Å². The Morgan fingerprint density at radius 1 is 1.22 bits per heavy atom. The first-order chi connectivity index (χ1) is 18.1. The molecule has 0 amide bonds. The van der Waals surface area contributed by atoms with E-state index in [1.54, 1.807) is 10.9 Å². The van der Waals surface area contributed by atoms with Gasteiger partial charge in [0.2, 0.25) is 5.95 Å². The molecule has 0 aromatic carbocycles. The van der Waals surface area contributed by atoms with Crippen molar-refractivity contribution in [3.8, 4) is 0 Å². The number of aryl methyl sites for hydroxylation is 1. The number of carbonyl (C=O) groups excluding carboxylic acids is 1. The van der Waals surface area contributed by atoms with Gasteiger partial charge in [-0.1, -0.05) is 38.8 Å². The number of nitrogens with one attached hydrogen (secondary N) is 2. The SMILES string of the molecule is CCc1noc([C@H]2O[C@@H](n3cnc4c(NC(CC)CC)nc(NC5CCCC5)nc43)[C@H](O)[C@@H]2OC=O)n1. The van der Waals surface area contributed by atoms with Gasteiger partial charge in [0.1, 0.15) is 6.10 Å².